The lowest BCUT2D eigenvalue weighted by molar-refractivity contribution is 0.436. The van der Waals surface area contributed by atoms with Gasteiger partial charge in [-0.1, -0.05) is 78.9 Å². The minimum Gasteiger partial charge on any atom is -0.354 e. The molecule has 0 spiro atoms. The number of H-pyrrole nitrogens is 1. The topological polar surface area (TPSA) is 27.8 Å². The van der Waals surface area contributed by atoms with Crippen LogP contribution in [0, 0.1) is 5.92 Å². The van der Waals surface area contributed by atoms with Crippen LogP contribution in [0.1, 0.15) is 29.9 Å². The van der Waals surface area contributed by atoms with Crippen LogP contribution >= 0.6 is 0 Å². The Balaban J connectivity index is 1.60. The fraction of sp³-hybridized carbons (Fsp3) is 0.259. The molecule has 2 heteroatoms. The summed E-state index contributed by atoms with van der Waals surface area (Å²) < 4.78 is 0. The molecule has 2 N–H and O–H groups in total. The first kappa shape index (κ1) is 18.2. The van der Waals surface area contributed by atoms with Crippen LogP contribution < -0.4 is 5.32 Å². The van der Waals surface area contributed by atoms with Crippen molar-refractivity contribution in [2.45, 2.75) is 25.2 Å². The van der Waals surface area contributed by atoms with Crippen molar-refractivity contribution in [3.8, 4) is 11.3 Å². The molecule has 2 atom stereocenters. The number of para-hydroxylation sites is 1. The van der Waals surface area contributed by atoms with Gasteiger partial charge in [0, 0.05) is 16.6 Å². The van der Waals surface area contributed by atoms with Crippen LogP contribution in [-0.4, -0.2) is 18.1 Å². The van der Waals surface area contributed by atoms with Crippen molar-refractivity contribution in [1.82, 2.24) is 10.3 Å². The average Bonchev–Trinajstić information content (AvgIpc) is 3.44. The molecular weight excluding hydrogens is 352 g/mol. The Morgan fingerprint density at radius 3 is 2.31 bits per heavy atom. The largest absolute Gasteiger partial charge is 0.354 e. The van der Waals surface area contributed by atoms with Gasteiger partial charge in [0.1, 0.15) is 0 Å². The summed E-state index contributed by atoms with van der Waals surface area (Å²) >= 11 is 0. The molecule has 3 aromatic carbocycles. The Bertz CT molecular complexity index is 1060. The number of benzene rings is 3. The summed E-state index contributed by atoms with van der Waals surface area (Å²) in [6, 6.07) is 30.6. The van der Waals surface area contributed by atoms with Gasteiger partial charge in [0.15, 0.2) is 0 Å². The molecule has 2 unspecified atom stereocenters. The Morgan fingerprint density at radius 1 is 0.828 bits per heavy atom. The molecule has 1 fully saturated rings. The van der Waals surface area contributed by atoms with Gasteiger partial charge < -0.3 is 10.3 Å². The van der Waals surface area contributed by atoms with E-state index in [9.17, 15) is 0 Å². The van der Waals surface area contributed by atoms with Crippen molar-refractivity contribution in [3.63, 3.8) is 0 Å². The quantitative estimate of drug-likeness (QED) is 0.412. The van der Waals surface area contributed by atoms with E-state index in [-0.39, 0.29) is 0 Å². The highest BCUT2D eigenvalue weighted by atomic mass is 14.9. The number of aryl methyl sites for hydroxylation is 1. The van der Waals surface area contributed by atoms with Gasteiger partial charge in [-0.3, -0.25) is 0 Å². The molecule has 29 heavy (non-hydrogen) atoms. The summed E-state index contributed by atoms with van der Waals surface area (Å²) in [6.07, 6.45) is 3.56. The Labute approximate surface area is 173 Å². The molecule has 5 rings (SSSR count). The molecule has 2 heterocycles. The molecule has 0 amide bonds. The maximum Gasteiger partial charge on any atom is 0.0500 e. The summed E-state index contributed by atoms with van der Waals surface area (Å²) in [5.74, 6) is 1.22. The number of hydrogen-bond acceptors (Lipinski definition) is 1. The highest BCUT2D eigenvalue weighted by molar-refractivity contribution is 5.91. The van der Waals surface area contributed by atoms with Crippen molar-refractivity contribution in [1.29, 1.82) is 0 Å². The SMILES string of the molecule is c1ccc(CCC(c2c(-c3ccccc3)[nH]c3ccccc23)C2CCNC2)cc1. The number of rotatable bonds is 6. The van der Waals surface area contributed by atoms with Crippen LogP contribution in [-0.2, 0) is 6.42 Å². The van der Waals surface area contributed by atoms with Crippen LogP contribution in [0.25, 0.3) is 22.2 Å². The second-order valence-corrected chi connectivity index (χ2v) is 8.21. The van der Waals surface area contributed by atoms with Crippen molar-refractivity contribution in [2.24, 2.45) is 5.92 Å². The van der Waals surface area contributed by atoms with Crippen molar-refractivity contribution in [2.75, 3.05) is 13.1 Å². The second-order valence-electron chi connectivity index (χ2n) is 8.21. The third kappa shape index (κ3) is 3.73. The van der Waals surface area contributed by atoms with Gasteiger partial charge in [0.2, 0.25) is 0 Å². The predicted molar refractivity (Wildman–Crippen MR) is 122 cm³/mol. The van der Waals surface area contributed by atoms with Crippen LogP contribution in [0.3, 0.4) is 0 Å². The molecule has 146 valence electrons. The van der Waals surface area contributed by atoms with Gasteiger partial charge in [0.05, 0.1) is 0 Å². The normalized spacial score (nSPS) is 17.6. The van der Waals surface area contributed by atoms with Crippen LogP contribution in [0.2, 0.25) is 0 Å². The number of hydrogen-bond donors (Lipinski definition) is 2. The van der Waals surface area contributed by atoms with E-state index in [0.29, 0.717) is 11.8 Å². The number of fused-ring (bicyclic) bond motifs is 1. The van der Waals surface area contributed by atoms with E-state index < -0.39 is 0 Å². The molecular formula is C27H28N2. The zero-order valence-corrected chi connectivity index (χ0v) is 16.8. The van der Waals surface area contributed by atoms with Crippen LogP contribution in [0.15, 0.2) is 84.9 Å². The van der Waals surface area contributed by atoms with Gasteiger partial charge in [-0.15, -0.1) is 0 Å². The Kier molecular flexibility index (Phi) is 5.19. The van der Waals surface area contributed by atoms with E-state index in [2.05, 4.69) is 95.2 Å². The van der Waals surface area contributed by atoms with Gasteiger partial charge in [-0.05, 0) is 66.9 Å². The smallest absolute Gasteiger partial charge is 0.0500 e. The third-order valence-electron chi connectivity index (χ3n) is 6.43. The van der Waals surface area contributed by atoms with E-state index in [1.807, 2.05) is 0 Å². The van der Waals surface area contributed by atoms with Crippen LogP contribution in [0.4, 0.5) is 0 Å². The molecule has 0 radical (unpaired) electrons. The van der Waals surface area contributed by atoms with Crippen molar-refractivity contribution in [3.05, 3.63) is 96.1 Å². The standard InChI is InChI=1S/C27H28N2/c1-3-9-20(10-4-1)15-16-23(22-17-18-28-19-22)26-24-13-7-8-14-25(24)29-27(26)21-11-5-2-6-12-21/h1-14,22-23,28-29H,15-19H2. The lowest BCUT2D eigenvalue weighted by Gasteiger charge is -2.25. The summed E-state index contributed by atoms with van der Waals surface area (Å²) in [5.41, 5.74) is 6.78. The number of aromatic amines is 1. The van der Waals surface area contributed by atoms with Gasteiger partial charge >= 0.3 is 0 Å². The maximum absolute atomic E-state index is 3.76. The number of nitrogens with one attached hydrogen (secondary N) is 2. The van der Waals surface area contributed by atoms with Crippen molar-refractivity contribution < 1.29 is 0 Å². The molecule has 1 saturated heterocycles. The Hall–Kier alpha value is -2.84. The lowest BCUT2D eigenvalue weighted by Crippen LogP contribution is -2.18. The molecule has 0 saturated carbocycles. The zero-order valence-electron chi connectivity index (χ0n) is 16.8. The minimum absolute atomic E-state index is 0.538. The van der Waals surface area contributed by atoms with Crippen molar-refractivity contribution >= 4 is 10.9 Å². The van der Waals surface area contributed by atoms with E-state index in [4.69, 9.17) is 0 Å². The molecule has 1 aliphatic rings. The summed E-state index contributed by atoms with van der Waals surface area (Å²) in [5, 5.41) is 5.00. The third-order valence-corrected chi connectivity index (χ3v) is 6.43. The molecule has 2 nitrogen and oxygen atoms in total. The highest BCUT2D eigenvalue weighted by Crippen LogP contribution is 2.42. The minimum atomic E-state index is 0.538. The van der Waals surface area contributed by atoms with E-state index in [0.717, 1.165) is 19.5 Å². The average molecular weight is 381 g/mol. The van der Waals surface area contributed by atoms with Gasteiger partial charge in [0.25, 0.3) is 0 Å². The first-order chi connectivity index (χ1) is 14.4. The highest BCUT2D eigenvalue weighted by Gasteiger charge is 2.30. The summed E-state index contributed by atoms with van der Waals surface area (Å²) in [7, 11) is 0. The fourth-order valence-electron chi connectivity index (χ4n) is 4.98. The van der Waals surface area contributed by atoms with E-state index in [1.54, 1.807) is 0 Å². The Morgan fingerprint density at radius 2 is 1.55 bits per heavy atom. The van der Waals surface area contributed by atoms with E-state index >= 15 is 0 Å². The maximum atomic E-state index is 3.76. The molecule has 1 aliphatic heterocycles. The lowest BCUT2D eigenvalue weighted by atomic mass is 9.79. The monoisotopic (exact) mass is 380 g/mol. The first-order valence-electron chi connectivity index (χ1n) is 10.8. The van der Waals surface area contributed by atoms with Crippen LogP contribution in [0.5, 0.6) is 0 Å². The molecule has 4 aromatic rings. The predicted octanol–water partition coefficient (Wildman–Crippen LogP) is 6.16. The summed E-state index contributed by atoms with van der Waals surface area (Å²) in [4.78, 5) is 3.76. The van der Waals surface area contributed by atoms with Gasteiger partial charge in [-0.25, -0.2) is 0 Å². The zero-order chi connectivity index (χ0) is 19.5. The fourth-order valence-corrected chi connectivity index (χ4v) is 4.98. The first-order valence-corrected chi connectivity index (χ1v) is 10.8. The molecule has 1 aromatic heterocycles. The molecule has 0 aliphatic carbocycles. The second kappa shape index (κ2) is 8.26. The summed E-state index contributed by atoms with van der Waals surface area (Å²) in [6.45, 7) is 2.25. The van der Waals surface area contributed by atoms with Gasteiger partial charge in [-0.2, -0.15) is 0 Å². The number of aromatic nitrogens is 1. The van der Waals surface area contributed by atoms with E-state index in [1.165, 1.54) is 46.1 Å². The molecule has 0 bridgehead atoms.